The van der Waals surface area contributed by atoms with E-state index in [-0.39, 0.29) is 5.84 Å². The molecule has 0 unspecified atom stereocenters. The number of hydrogen-bond acceptors (Lipinski definition) is 4. The van der Waals surface area contributed by atoms with Gasteiger partial charge in [-0.15, -0.1) is 0 Å². The van der Waals surface area contributed by atoms with Crippen LogP contribution in [-0.2, 0) is 6.42 Å². The number of hydrogen-bond donors (Lipinski definition) is 2. The first-order valence-corrected chi connectivity index (χ1v) is 5.48. The Morgan fingerprint density at radius 1 is 1.50 bits per heavy atom. The molecule has 3 N–H and O–H groups in total. The van der Waals surface area contributed by atoms with Gasteiger partial charge in [0.15, 0.2) is 0 Å². The van der Waals surface area contributed by atoms with Crippen LogP contribution in [0.25, 0.3) is 0 Å². The lowest BCUT2D eigenvalue weighted by molar-refractivity contribution is 0.846. The highest BCUT2D eigenvalue weighted by Gasteiger charge is 2.04. The number of nitrogens with one attached hydrogen (secondary N) is 1. The van der Waals surface area contributed by atoms with Crippen LogP contribution < -0.4 is 10.6 Å². The van der Waals surface area contributed by atoms with Crippen LogP contribution >= 0.6 is 0 Å². The van der Waals surface area contributed by atoms with E-state index in [0.29, 0.717) is 13.0 Å². The van der Waals surface area contributed by atoms with Crippen molar-refractivity contribution in [3.8, 4) is 0 Å². The Morgan fingerprint density at radius 3 is 2.88 bits per heavy atom. The molecule has 5 heteroatoms. The summed E-state index contributed by atoms with van der Waals surface area (Å²) in [5.74, 6) is 1.09. The molecule has 1 aromatic heterocycles. The second-order valence-corrected chi connectivity index (χ2v) is 3.81. The second kappa shape index (κ2) is 6.05. The summed E-state index contributed by atoms with van der Waals surface area (Å²) in [7, 11) is 1.95. The van der Waals surface area contributed by atoms with Crippen molar-refractivity contribution in [2.75, 3.05) is 18.5 Å². The molecule has 1 rings (SSSR count). The highest BCUT2D eigenvalue weighted by molar-refractivity contribution is 5.77. The van der Waals surface area contributed by atoms with Gasteiger partial charge >= 0.3 is 0 Å². The van der Waals surface area contributed by atoms with Crippen molar-refractivity contribution >= 4 is 11.7 Å². The van der Waals surface area contributed by atoms with Crippen molar-refractivity contribution in [1.82, 2.24) is 9.97 Å². The number of aryl methyl sites for hydroxylation is 1. The SMILES string of the molecule is CCCc1cc(N(C)CCC(=N)N)ncn1. The van der Waals surface area contributed by atoms with Gasteiger partial charge in [-0.05, 0) is 6.42 Å². The summed E-state index contributed by atoms with van der Waals surface area (Å²) in [5, 5.41) is 7.18. The molecule has 1 heterocycles. The first-order valence-electron chi connectivity index (χ1n) is 5.48. The number of aromatic nitrogens is 2. The Balaban J connectivity index is 2.63. The third-order valence-electron chi connectivity index (χ3n) is 2.32. The second-order valence-electron chi connectivity index (χ2n) is 3.81. The van der Waals surface area contributed by atoms with E-state index in [4.69, 9.17) is 11.1 Å². The molecule has 88 valence electrons. The van der Waals surface area contributed by atoms with Crippen molar-refractivity contribution in [3.05, 3.63) is 18.1 Å². The van der Waals surface area contributed by atoms with Gasteiger partial charge in [0, 0.05) is 31.8 Å². The lowest BCUT2D eigenvalue weighted by Gasteiger charge is -2.17. The summed E-state index contributed by atoms with van der Waals surface area (Å²) in [5.41, 5.74) is 6.38. The minimum absolute atomic E-state index is 0.203. The maximum absolute atomic E-state index is 7.18. The molecule has 0 fully saturated rings. The van der Waals surface area contributed by atoms with E-state index < -0.39 is 0 Å². The van der Waals surface area contributed by atoms with Crippen LogP contribution in [0.5, 0.6) is 0 Å². The van der Waals surface area contributed by atoms with Crippen molar-refractivity contribution in [2.45, 2.75) is 26.2 Å². The summed E-state index contributed by atoms with van der Waals surface area (Å²) >= 11 is 0. The van der Waals surface area contributed by atoms with Crippen molar-refractivity contribution in [1.29, 1.82) is 5.41 Å². The Kier molecular flexibility index (Phi) is 4.69. The van der Waals surface area contributed by atoms with E-state index >= 15 is 0 Å². The topological polar surface area (TPSA) is 78.9 Å². The zero-order valence-electron chi connectivity index (χ0n) is 9.90. The Bertz CT molecular complexity index is 350. The molecule has 0 aromatic carbocycles. The fraction of sp³-hybridized carbons (Fsp3) is 0.545. The third-order valence-corrected chi connectivity index (χ3v) is 2.32. The van der Waals surface area contributed by atoms with Crippen LogP contribution in [0.2, 0.25) is 0 Å². The van der Waals surface area contributed by atoms with Gasteiger partial charge in [0.25, 0.3) is 0 Å². The number of anilines is 1. The highest BCUT2D eigenvalue weighted by atomic mass is 15.2. The summed E-state index contributed by atoms with van der Waals surface area (Å²) in [4.78, 5) is 10.4. The number of nitrogens with zero attached hydrogens (tertiary/aromatic N) is 3. The molecule has 0 amide bonds. The molecule has 0 radical (unpaired) electrons. The van der Waals surface area contributed by atoms with Gasteiger partial charge in [0.2, 0.25) is 0 Å². The van der Waals surface area contributed by atoms with Gasteiger partial charge in [-0.25, -0.2) is 9.97 Å². The molecular formula is C11H19N5. The molecule has 0 bridgehead atoms. The van der Waals surface area contributed by atoms with E-state index in [1.54, 1.807) is 6.33 Å². The fourth-order valence-corrected chi connectivity index (χ4v) is 1.39. The Hall–Kier alpha value is -1.65. The third kappa shape index (κ3) is 3.84. The summed E-state index contributed by atoms with van der Waals surface area (Å²) in [6.45, 7) is 2.83. The molecule has 16 heavy (non-hydrogen) atoms. The molecule has 0 saturated carbocycles. The van der Waals surface area contributed by atoms with Crippen LogP contribution in [0.4, 0.5) is 5.82 Å². The van der Waals surface area contributed by atoms with Gasteiger partial charge in [0.1, 0.15) is 12.1 Å². The predicted molar refractivity (Wildman–Crippen MR) is 65.8 cm³/mol. The molecule has 0 saturated heterocycles. The molecule has 5 nitrogen and oxygen atoms in total. The van der Waals surface area contributed by atoms with E-state index in [2.05, 4.69) is 16.9 Å². The maximum Gasteiger partial charge on any atom is 0.131 e. The highest BCUT2D eigenvalue weighted by Crippen LogP contribution is 2.10. The average molecular weight is 221 g/mol. The zero-order valence-corrected chi connectivity index (χ0v) is 9.90. The van der Waals surface area contributed by atoms with Crippen LogP contribution in [0.15, 0.2) is 12.4 Å². The van der Waals surface area contributed by atoms with Crippen LogP contribution in [0, 0.1) is 5.41 Å². The van der Waals surface area contributed by atoms with Crippen molar-refractivity contribution < 1.29 is 0 Å². The first-order chi connectivity index (χ1) is 7.63. The fourth-order valence-electron chi connectivity index (χ4n) is 1.39. The van der Waals surface area contributed by atoms with Crippen LogP contribution in [0.3, 0.4) is 0 Å². The minimum atomic E-state index is 0.203. The van der Waals surface area contributed by atoms with Crippen LogP contribution in [0.1, 0.15) is 25.5 Å². The molecule has 1 aromatic rings. The van der Waals surface area contributed by atoms with Crippen molar-refractivity contribution in [3.63, 3.8) is 0 Å². The monoisotopic (exact) mass is 221 g/mol. The molecule has 0 atom stereocenters. The lowest BCUT2D eigenvalue weighted by atomic mass is 10.2. The summed E-state index contributed by atoms with van der Waals surface area (Å²) in [6, 6.07) is 1.99. The predicted octanol–water partition coefficient (Wildman–Crippen LogP) is 1.19. The number of amidine groups is 1. The van der Waals surface area contributed by atoms with Crippen molar-refractivity contribution in [2.24, 2.45) is 5.73 Å². The van der Waals surface area contributed by atoms with E-state index in [1.165, 1.54) is 0 Å². The Morgan fingerprint density at radius 2 is 2.25 bits per heavy atom. The number of rotatable bonds is 6. The van der Waals surface area contributed by atoms with E-state index in [9.17, 15) is 0 Å². The molecule has 0 aliphatic heterocycles. The molecule has 0 aliphatic rings. The maximum atomic E-state index is 7.18. The number of nitrogens with two attached hydrogens (primary N) is 1. The smallest absolute Gasteiger partial charge is 0.131 e. The molecule has 0 spiro atoms. The quantitative estimate of drug-likeness (QED) is 0.558. The van der Waals surface area contributed by atoms with E-state index in [1.807, 2.05) is 18.0 Å². The lowest BCUT2D eigenvalue weighted by Crippen LogP contribution is -2.24. The largest absolute Gasteiger partial charge is 0.388 e. The van der Waals surface area contributed by atoms with Gasteiger partial charge in [0.05, 0.1) is 5.84 Å². The van der Waals surface area contributed by atoms with E-state index in [0.717, 1.165) is 24.4 Å². The summed E-state index contributed by atoms with van der Waals surface area (Å²) in [6.07, 6.45) is 4.19. The Labute approximate surface area is 96.2 Å². The van der Waals surface area contributed by atoms with Gasteiger partial charge in [-0.2, -0.15) is 0 Å². The summed E-state index contributed by atoms with van der Waals surface area (Å²) < 4.78 is 0. The van der Waals surface area contributed by atoms with Gasteiger partial charge in [-0.3, -0.25) is 5.41 Å². The standard InChI is InChI=1S/C11H19N5/c1-3-4-9-7-11(15-8-14-9)16(2)6-5-10(12)13/h7-8H,3-6H2,1-2H3,(H3,12,13). The van der Waals surface area contributed by atoms with Crippen LogP contribution in [-0.4, -0.2) is 29.4 Å². The first kappa shape index (κ1) is 12.4. The van der Waals surface area contributed by atoms with Gasteiger partial charge < -0.3 is 10.6 Å². The molecular weight excluding hydrogens is 202 g/mol. The minimum Gasteiger partial charge on any atom is -0.388 e. The average Bonchev–Trinajstić information content (AvgIpc) is 2.26. The zero-order chi connectivity index (χ0) is 12.0. The van der Waals surface area contributed by atoms with Gasteiger partial charge in [-0.1, -0.05) is 13.3 Å². The molecule has 0 aliphatic carbocycles. The normalized spacial score (nSPS) is 10.1.